The van der Waals surface area contributed by atoms with Crippen molar-refractivity contribution in [1.29, 1.82) is 0 Å². The van der Waals surface area contributed by atoms with E-state index in [4.69, 9.17) is 14.2 Å². The molecule has 2 aliphatic rings. The second-order valence-electron chi connectivity index (χ2n) is 6.02. The molecule has 1 fully saturated rings. The average Bonchev–Trinajstić information content (AvgIpc) is 2.69. The van der Waals surface area contributed by atoms with Gasteiger partial charge in [-0.2, -0.15) is 0 Å². The highest BCUT2D eigenvalue weighted by Crippen LogP contribution is 2.40. The number of ether oxygens (including phenoxy) is 3. The maximum Gasteiger partial charge on any atom is 0.357 e. The summed E-state index contributed by atoms with van der Waals surface area (Å²) in [6, 6.07) is 8.24. The number of nitrogens with zero attached hydrogens (tertiary/aromatic N) is 1. The topological polar surface area (TPSA) is 94.2 Å². The minimum Gasteiger partial charge on any atom is -0.484 e. The Morgan fingerprint density at radius 1 is 1.30 bits per heavy atom. The molecule has 2 heterocycles. The van der Waals surface area contributed by atoms with Crippen LogP contribution in [0.4, 0.5) is 0 Å². The van der Waals surface area contributed by atoms with Gasteiger partial charge in [-0.1, -0.05) is 18.2 Å². The van der Waals surface area contributed by atoms with Gasteiger partial charge in [0, 0.05) is 12.9 Å². The Bertz CT molecular complexity index is 766. The molecule has 2 amide bonds. The molecule has 0 spiro atoms. The van der Waals surface area contributed by atoms with Crippen molar-refractivity contribution < 1.29 is 28.6 Å². The first-order valence-corrected chi connectivity index (χ1v) is 9.35. The highest BCUT2D eigenvalue weighted by Gasteiger charge is 2.54. The molecule has 0 bridgehead atoms. The van der Waals surface area contributed by atoms with Crippen LogP contribution in [0.15, 0.2) is 41.6 Å². The van der Waals surface area contributed by atoms with E-state index in [-0.39, 0.29) is 30.4 Å². The molecule has 1 saturated heterocycles. The van der Waals surface area contributed by atoms with E-state index in [1.54, 1.807) is 31.2 Å². The Balaban J connectivity index is 1.58. The minimum atomic E-state index is -0.694. The highest BCUT2D eigenvalue weighted by atomic mass is 32.2. The van der Waals surface area contributed by atoms with Crippen LogP contribution in [0.25, 0.3) is 0 Å². The Morgan fingerprint density at radius 3 is 2.74 bits per heavy atom. The van der Waals surface area contributed by atoms with Crippen LogP contribution in [-0.4, -0.2) is 60.4 Å². The third-order valence-electron chi connectivity index (χ3n) is 4.09. The molecule has 27 heavy (non-hydrogen) atoms. The van der Waals surface area contributed by atoms with Crippen molar-refractivity contribution in [2.75, 3.05) is 26.3 Å². The standard InChI is InChI=1S/C18H20N2O6S/c1-11-9-27-17-14(16(22)20(17)15(11)18(23)26-10-24-2)19-13(21)8-25-12-6-4-3-5-7-12/h3-7,14,17H,8-10H2,1-2H3,(H,19,21)/t14?,17-/m1/s1. The maximum atomic E-state index is 12.5. The van der Waals surface area contributed by atoms with Gasteiger partial charge >= 0.3 is 5.97 Å². The summed E-state index contributed by atoms with van der Waals surface area (Å²) in [5.41, 5.74) is 0.981. The summed E-state index contributed by atoms with van der Waals surface area (Å²) in [5.74, 6) is -0.206. The quantitative estimate of drug-likeness (QED) is 0.418. The Morgan fingerprint density at radius 2 is 2.04 bits per heavy atom. The Hall–Kier alpha value is -2.52. The number of nitrogens with one attached hydrogen (secondary N) is 1. The molecule has 0 radical (unpaired) electrons. The highest BCUT2D eigenvalue weighted by molar-refractivity contribution is 8.00. The Labute approximate surface area is 160 Å². The summed E-state index contributed by atoms with van der Waals surface area (Å²) in [4.78, 5) is 38.2. The van der Waals surface area contributed by atoms with Crippen molar-refractivity contribution in [1.82, 2.24) is 10.2 Å². The Kier molecular flexibility index (Phi) is 6.02. The minimum absolute atomic E-state index is 0.188. The lowest BCUT2D eigenvalue weighted by molar-refractivity contribution is -0.158. The third-order valence-corrected chi connectivity index (χ3v) is 5.51. The molecule has 8 nitrogen and oxygen atoms in total. The van der Waals surface area contributed by atoms with Gasteiger partial charge in [-0.05, 0) is 24.6 Å². The fourth-order valence-electron chi connectivity index (χ4n) is 2.82. The van der Waals surface area contributed by atoms with Gasteiger partial charge in [-0.25, -0.2) is 4.79 Å². The number of thioether (sulfide) groups is 1. The summed E-state index contributed by atoms with van der Waals surface area (Å²) in [5, 5.41) is 2.34. The van der Waals surface area contributed by atoms with Crippen molar-refractivity contribution in [3.05, 3.63) is 41.6 Å². The first-order chi connectivity index (χ1) is 13.0. The summed E-state index contributed by atoms with van der Waals surface area (Å²) in [6.07, 6.45) is 0. The monoisotopic (exact) mass is 392 g/mol. The molecule has 0 aliphatic carbocycles. The number of carbonyl (C=O) groups is 3. The predicted octanol–water partition coefficient (Wildman–Crippen LogP) is 0.886. The molecular weight excluding hydrogens is 372 g/mol. The van der Waals surface area contributed by atoms with Crippen molar-refractivity contribution in [3.8, 4) is 5.75 Å². The van der Waals surface area contributed by atoms with E-state index in [1.807, 2.05) is 6.07 Å². The van der Waals surface area contributed by atoms with Crippen molar-refractivity contribution in [2.24, 2.45) is 0 Å². The normalized spacial score (nSPS) is 21.3. The maximum absolute atomic E-state index is 12.5. The molecule has 1 aromatic rings. The summed E-state index contributed by atoms with van der Waals surface area (Å²) in [6.45, 7) is 1.40. The number of rotatable bonds is 7. The second kappa shape index (κ2) is 8.45. The van der Waals surface area contributed by atoms with E-state index in [2.05, 4.69) is 5.32 Å². The van der Waals surface area contributed by atoms with Crippen molar-refractivity contribution in [2.45, 2.75) is 18.3 Å². The van der Waals surface area contributed by atoms with Crippen LogP contribution in [0.2, 0.25) is 0 Å². The van der Waals surface area contributed by atoms with Gasteiger partial charge in [-0.15, -0.1) is 11.8 Å². The van der Waals surface area contributed by atoms with Crippen LogP contribution in [-0.2, 0) is 23.9 Å². The molecule has 2 atom stereocenters. The van der Waals surface area contributed by atoms with Gasteiger partial charge in [-0.3, -0.25) is 14.5 Å². The first-order valence-electron chi connectivity index (χ1n) is 8.30. The molecule has 3 rings (SSSR count). The number of carbonyl (C=O) groups excluding carboxylic acids is 3. The number of hydrogen-bond donors (Lipinski definition) is 1. The molecule has 0 aromatic heterocycles. The molecule has 1 aromatic carbocycles. The van der Waals surface area contributed by atoms with Crippen LogP contribution < -0.4 is 10.1 Å². The number of β-lactam (4-membered cyclic amide) rings is 1. The number of benzene rings is 1. The largest absolute Gasteiger partial charge is 0.484 e. The van der Waals surface area contributed by atoms with Crippen LogP contribution in [0.1, 0.15) is 6.92 Å². The number of esters is 1. The molecule has 1 N–H and O–H groups in total. The van der Waals surface area contributed by atoms with E-state index in [9.17, 15) is 14.4 Å². The molecule has 0 saturated carbocycles. The van der Waals surface area contributed by atoms with Gasteiger partial charge in [0.1, 0.15) is 22.9 Å². The second-order valence-corrected chi connectivity index (χ2v) is 7.13. The van der Waals surface area contributed by atoms with Gasteiger partial charge < -0.3 is 19.5 Å². The number of fused-ring (bicyclic) bond motifs is 1. The summed E-state index contributed by atoms with van der Waals surface area (Å²) < 4.78 is 15.1. The van der Waals surface area contributed by atoms with Gasteiger partial charge in [0.05, 0.1) is 0 Å². The van der Waals surface area contributed by atoms with E-state index in [0.29, 0.717) is 11.5 Å². The molecule has 2 aliphatic heterocycles. The number of hydrogen-bond acceptors (Lipinski definition) is 7. The number of para-hydroxylation sites is 1. The smallest absolute Gasteiger partial charge is 0.357 e. The van der Waals surface area contributed by atoms with Crippen molar-refractivity contribution in [3.63, 3.8) is 0 Å². The molecular formula is C18H20N2O6S. The van der Waals surface area contributed by atoms with E-state index >= 15 is 0 Å². The van der Waals surface area contributed by atoms with Gasteiger partial charge in [0.25, 0.3) is 11.8 Å². The molecule has 144 valence electrons. The van der Waals surface area contributed by atoms with Gasteiger partial charge in [0.2, 0.25) is 0 Å². The van der Waals surface area contributed by atoms with Gasteiger partial charge in [0.15, 0.2) is 13.4 Å². The summed E-state index contributed by atoms with van der Waals surface area (Å²) in [7, 11) is 1.41. The lowest BCUT2D eigenvalue weighted by atomic mass is 10.0. The lowest BCUT2D eigenvalue weighted by Crippen LogP contribution is -2.70. The summed E-state index contributed by atoms with van der Waals surface area (Å²) >= 11 is 1.49. The van der Waals surface area contributed by atoms with Crippen molar-refractivity contribution >= 4 is 29.5 Å². The average molecular weight is 392 g/mol. The van der Waals surface area contributed by atoms with E-state index in [1.165, 1.54) is 23.8 Å². The molecule has 9 heteroatoms. The third kappa shape index (κ3) is 4.09. The van der Waals surface area contributed by atoms with Crippen LogP contribution >= 0.6 is 11.8 Å². The molecule has 1 unspecified atom stereocenters. The number of amides is 2. The zero-order valence-corrected chi connectivity index (χ0v) is 15.8. The zero-order chi connectivity index (χ0) is 19.4. The van der Waals surface area contributed by atoms with Crippen LogP contribution in [0.5, 0.6) is 5.75 Å². The van der Waals surface area contributed by atoms with Crippen LogP contribution in [0.3, 0.4) is 0 Å². The number of methoxy groups -OCH3 is 1. The lowest BCUT2D eigenvalue weighted by Gasteiger charge is -2.49. The zero-order valence-electron chi connectivity index (χ0n) is 15.0. The first kappa shape index (κ1) is 19.2. The fraction of sp³-hybridized carbons (Fsp3) is 0.389. The predicted molar refractivity (Wildman–Crippen MR) is 97.6 cm³/mol. The van der Waals surface area contributed by atoms with E-state index < -0.39 is 17.9 Å². The van der Waals surface area contributed by atoms with Crippen LogP contribution in [0, 0.1) is 0 Å². The van der Waals surface area contributed by atoms with E-state index in [0.717, 1.165) is 5.57 Å². The fourth-order valence-corrected chi connectivity index (χ4v) is 4.12. The SMILES string of the molecule is COCOC(=O)C1=C(C)CS[C@@H]2C(NC(=O)COc3ccccc3)C(=O)N12.